The molecule has 0 atom stereocenters. The summed E-state index contributed by atoms with van der Waals surface area (Å²) >= 11 is 0. The summed E-state index contributed by atoms with van der Waals surface area (Å²) in [7, 11) is -3.83. The summed E-state index contributed by atoms with van der Waals surface area (Å²) in [5.74, 6) is 0.475. The summed E-state index contributed by atoms with van der Waals surface area (Å²) in [5.41, 5.74) is 9.35. The Balaban J connectivity index is 1.61. The summed E-state index contributed by atoms with van der Waals surface area (Å²) < 4.78 is 29.7. The molecule has 0 aliphatic carbocycles. The number of nitrogen functional groups attached to an aromatic ring is 1. The number of nitrogens with one attached hydrogen (secondary N) is 2. The molecule has 0 amide bonds. The highest BCUT2D eigenvalue weighted by atomic mass is 32.2. The molecule has 0 radical (unpaired) electrons. The quantitative estimate of drug-likeness (QED) is 0.435. The van der Waals surface area contributed by atoms with Gasteiger partial charge in [0.15, 0.2) is 0 Å². The van der Waals surface area contributed by atoms with Crippen LogP contribution in [0.1, 0.15) is 11.1 Å². The van der Waals surface area contributed by atoms with Crippen LogP contribution in [-0.4, -0.2) is 28.4 Å². The number of anilines is 2. The molecular formula is C20H19N7O2S. The maximum atomic E-state index is 12.4. The van der Waals surface area contributed by atoms with Crippen LogP contribution in [0.25, 0.3) is 22.0 Å². The number of nitrogens with two attached hydrogens (primary N) is 1. The van der Waals surface area contributed by atoms with E-state index in [0.717, 1.165) is 16.7 Å². The fourth-order valence-corrected chi connectivity index (χ4v) is 3.77. The predicted octanol–water partition coefficient (Wildman–Crippen LogP) is 2.42. The van der Waals surface area contributed by atoms with Crippen LogP contribution < -0.4 is 15.2 Å². The monoisotopic (exact) mass is 421 g/mol. The van der Waals surface area contributed by atoms with Gasteiger partial charge in [-0.25, -0.2) is 9.97 Å². The van der Waals surface area contributed by atoms with E-state index < -0.39 is 10.2 Å². The van der Waals surface area contributed by atoms with Crippen molar-refractivity contribution in [2.24, 2.45) is 0 Å². The van der Waals surface area contributed by atoms with Crippen LogP contribution in [-0.2, 0) is 16.8 Å². The van der Waals surface area contributed by atoms with E-state index in [-0.39, 0.29) is 12.4 Å². The second-order valence-electron chi connectivity index (χ2n) is 6.66. The van der Waals surface area contributed by atoms with Gasteiger partial charge in [0.2, 0.25) is 0 Å². The van der Waals surface area contributed by atoms with E-state index >= 15 is 0 Å². The van der Waals surface area contributed by atoms with Gasteiger partial charge in [0.05, 0.1) is 5.69 Å². The van der Waals surface area contributed by atoms with Gasteiger partial charge in [-0.3, -0.25) is 14.7 Å². The summed E-state index contributed by atoms with van der Waals surface area (Å²) in [6.45, 7) is 2.07. The Morgan fingerprint density at radius 1 is 1.07 bits per heavy atom. The molecule has 152 valence electrons. The average molecular weight is 421 g/mol. The average Bonchev–Trinajstić information content (AvgIpc) is 2.73. The van der Waals surface area contributed by atoms with E-state index in [9.17, 15) is 8.42 Å². The highest BCUT2D eigenvalue weighted by Crippen LogP contribution is 2.28. The number of fused-ring (bicyclic) bond motifs is 1. The van der Waals surface area contributed by atoms with Crippen molar-refractivity contribution in [1.29, 1.82) is 0 Å². The molecular weight excluding hydrogens is 402 g/mol. The number of nitrogens with zero attached hydrogens (tertiary/aromatic N) is 4. The Morgan fingerprint density at radius 2 is 1.90 bits per heavy atom. The maximum Gasteiger partial charge on any atom is 0.300 e. The molecule has 0 aliphatic heterocycles. The van der Waals surface area contributed by atoms with Crippen molar-refractivity contribution in [3.8, 4) is 11.3 Å². The molecule has 4 heterocycles. The minimum Gasteiger partial charge on any atom is -0.383 e. The first-order valence-corrected chi connectivity index (χ1v) is 10.5. The summed E-state index contributed by atoms with van der Waals surface area (Å²) in [5, 5.41) is 1.34. The molecule has 0 aromatic carbocycles. The number of hydrogen-bond donors (Lipinski definition) is 3. The lowest BCUT2D eigenvalue weighted by Crippen LogP contribution is -2.30. The number of rotatable bonds is 6. The van der Waals surface area contributed by atoms with E-state index in [4.69, 9.17) is 5.73 Å². The second kappa shape index (κ2) is 8.01. The van der Waals surface area contributed by atoms with Crippen molar-refractivity contribution >= 4 is 32.6 Å². The zero-order valence-electron chi connectivity index (χ0n) is 16.1. The van der Waals surface area contributed by atoms with Crippen molar-refractivity contribution in [3.05, 3.63) is 72.4 Å². The number of aryl methyl sites for hydroxylation is 1. The van der Waals surface area contributed by atoms with Crippen LogP contribution in [0.3, 0.4) is 0 Å². The first-order chi connectivity index (χ1) is 14.4. The van der Waals surface area contributed by atoms with Gasteiger partial charge in [0.25, 0.3) is 0 Å². The van der Waals surface area contributed by atoms with Crippen LogP contribution in [0.4, 0.5) is 11.6 Å². The Labute approximate surface area is 173 Å². The molecule has 4 N–H and O–H groups in total. The van der Waals surface area contributed by atoms with Gasteiger partial charge < -0.3 is 5.73 Å². The van der Waals surface area contributed by atoms with E-state index in [0.29, 0.717) is 22.3 Å². The molecule has 9 nitrogen and oxygen atoms in total. The van der Waals surface area contributed by atoms with Crippen molar-refractivity contribution in [3.63, 3.8) is 0 Å². The molecule has 4 aromatic rings. The molecule has 0 spiro atoms. The molecule has 0 unspecified atom stereocenters. The molecule has 0 fully saturated rings. The lowest BCUT2D eigenvalue weighted by molar-refractivity contribution is 0.586. The number of hydrogen-bond acceptors (Lipinski definition) is 7. The standard InChI is InChI=1S/C20H19N7O2S/c1-13-4-6-23-11-16(13)18-7-15-8-19(24-12-17(15)20(21)26-18)27-30(28,29)25-10-14-3-2-5-22-9-14/h2-9,11-12,25H,10H2,1H3,(H2,21,26)(H,24,27). The lowest BCUT2D eigenvalue weighted by atomic mass is 10.1. The Hall–Kier alpha value is -3.63. The second-order valence-corrected chi connectivity index (χ2v) is 8.16. The van der Waals surface area contributed by atoms with Crippen LogP contribution >= 0.6 is 0 Å². The third kappa shape index (κ3) is 4.34. The van der Waals surface area contributed by atoms with Crippen molar-refractivity contribution in [1.82, 2.24) is 24.7 Å². The largest absolute Gasteiger partial charge is 0.383 e. The molecule has 0 saturated carbocycles. The molecule has 0 aliphatic rings. The molecule has 4 rings (SSSR count). The van der Waals surface area contributed by atoms with Crippen molar-refractivity contribution < 1.29 is 8.42 Å². The first-order valence-electron chi connectivity index (χ1n) is 9.05. The molecule has 30 heavy (non-hydrogen) atoms. The minimum absolute atomic E-state index is 0.109. The van der Waals surface area contributed by atoms with Gasteiger partial charge in [0, 0.05) is 48.5 Å². The zero-order valence-corrected chi connectivity index (χ0v) is 16.9. The SMILES string of the molecule is Cc1ccncc1-c1cc2cc(NS(=O)(=O)NCc3cccnc3)ncc2c(N)n1. The minimum atomic E-state index is -3.83. The smallest absolute Gasteiger partial charge is 0.300 e. The van der Waals surface area contributed by atoms with Gasteiger partial charge in [-0.05, 0) is 47.7 Å². The van der Waals surface area contributed by atoms with E-state index in [2.05, 4.69) is 29.4 Å². The normalized spacial score (nSPS) is 11.5. The fourth-order valence-electron chi connectivity index (χ4n) is 2.95. The van der Waals surface area contributed by atoms with Gasteiger partial charge in [-0.15, -0.1) is 0 Å². The Morgan fingerprint density at radius 3 is 2.67 bits per heavy atom. The number of pyridine rings is 4. The highest BCUT2D eigenvalue weighted by Gasteiger charge is 2.13. The maximum absolute atomic E-state index is 12.4. The number of aromatic nitrogens is 4. The van der Waals surface area contributed by atoms with E-state index in [1.807, 2.05) is 19.1 Å². The van der Waals surface area contributed by atoms with Crippen LogP contribution in [0.15, 0.2) is 61.3 Å². The molecule has 10 heteroatoms. The lowest BCUT2D eigenvalue weighted by Gasteiger charge is -2.11. The third-order valence-corrected chi connectivity index (χ3v) is 5.49. The third-order valence-electron chi connectivity index (χ3n) is 4.49. The Bertz CT molecular complexity index is 1310. The zero-order chi connectivity index (χ0) is 21.1. The summed E-state index contributed by atoms with van der Waals surface area (Å²) in [6.07, 6.45) is 8.14. The van der Waals surface area contributed by atoms with E-state index in [1.54, 1.807) is 43.0 Å². The van der Waals surface area contributed by atoms with Crippen LogP contribution in [0.5, 0.6) is 0 Å². The van der Waals surface area contributed by atoms with E-state index in [1.165, 1.54) is 6.20 Å². The van der Waals surface area contributed by atoms with Gasteiger partial charge in [0.1, 0.15) is 11.6 Å². The molecule has 4 aromatic heterocycles. The van der Waals surface area contributed by atoms with Crippen LogP contribution in [0, 0.1) is 6.92 Å². The molecule has 0 bridgehead atoms. The molecule has 0 saturated heterocycles. The van der Waals surface area contributed by atoms with Crippen molar-refractivity contribution in [2.75, 3.05) is 10.5 Å². The van der Waals surface area contributed by atoms with Gasteiger partial charge in [-0.1, -0.05) is 6.07 Å². The fraction of sp³-hybridized carbons (Fsp3) is 0.100. The summed E-state index contributed by atoms with van der Waals surface area (Å²) in [6, 6.07) is 8.85. The predicted molar refractivity (Wildman–Crippen MR) is 116 cm³/mol. The topological polar surface area (TPSA) is 136 Å². The van der Waals surface area contributed by atoms with Gasteiger partial charge >= 0.3 is 10.2 Å². The summed E-state index contributed by atoms with van der Waals surface area (Å²) in [4.78, 5) is 16.7. The Kier molecular flexibility index (Phi) is 5.25. The first kappa shape index (κ1) is 19.7. The van der Waals surface area contributed by atoms with Gasteiger partial charge in [-0.2, -0.15) is 13.1 Å². The highest BCUT2D eigenvalue weighted by molar-refractivity contribution is 7.90. The van der Waals surface area contributed by atoms with Crippen molar-refractivity contribution in [2.45, 2.75) is 13.5 Å². The van der Waals surface area contributed by atoms with Crippen LogP contribution in [0.2, 0.25) is 0 Å².